The van der Waals surface area contributed by atoms with Crippen molar-refractivity contribution in [1.29, 1.82) is 0 Å². The fourth-order valence-corrected chi connectivity index (χ4v) is 2.98. The van der Waals surface area contributed by atoms with E-state index in [0.29, 0.717) is 16.3 Å². The molecule has 0 radical (unpaired) electrons. The van der Waals surface area contributed by atoms with Crippen LogP contribution in [-0.2, 0) is 6.42 Å². The van der Waals surface area contributed by atoms with E-state index in [1.807, 2.05) is 6.92 Å². The van der Waals surface area contributed by atoms with E-state index in [1.165, 1.54) is 11.3 Å². The number of phenolic OH excluding ortho intramolecular Hbond substituents is 1. The van der Waals surface area contributed by atoms with E-state index >= 15 is 0 Å². The predicted octanol–water partition coefficient (Wildman–Crippen LogP) is 1.20. The van der Waals surface area contributed by atoms with Crippen LogP contribution >= 0.6 is 23.6 Å². The molecule has 0 atom stereocenters. The van der Waals surface area contributed by atoms with Crippen LogP contribution in [0.4, 0.5) is 5.69 Å². The number of hydrogen-bond acceptors (Lipinski definition) is 5. The van der Waals surface area contributed by atoms with Gasteiger partial charge in [0.15, 0.2) is 10.1 Å². The fraction of sp³-hybridized carbons (Fsp3) is 0.167. The monoisotopic (exact) mass is 321 g/mol. The number of thiocarbonyl (C=S) groups is 1. The second-order valence-electron chi connectivity index (χ2n) is 4.35. The third kappa shape index (κ3) is 2.52. The number of fused-ring (bicyclic) bond motifs is 1. The Kier molecular flexibility index (Phi) is 3.43. The van der Waals surface area contributed by atoms with Gasteiger partial charge in [-0.15, -0.1) is 5.10 Å². The number of benzene rings is 1. The van der Waals surface area contributed by atoms with Crippen LogP contribution in [0, 0.1) is 0 Å². The van der Waals surface area contributed by atoms with Crippen molar-refractivity contribution in [2.75, 3.05) is 5.32 Å². The lowest BCUT2D eigenvalue weighted by Gasteiger charge is -2.06. The number of anilines is 1. The van der Waals surface area contributed by atoms with Crippen LogP contribution in [0.2, 0.25) is 0 Å². The number of nitrogens with one attached hydrogen (secondary N) is 2. The molecule has 0 bridgehead atoms. The number of phenols is 1. The molecular formula is C12H13N6OS2+. The molecule has 9 heteroatoms. The van der Waals surface area contributed by atoms with Crippen LogP contribution in [0.1, 0.15) is 12.7 Å². The van der Waals surface area contributed by atoms with Crippen LogP contribution in [0.15, 0.2) is 18.2 Å². The third-order valence-corrected chi connectivity index (χ3v) is 3.97. The lowest BCUT2D eigenvalue weighted by atomic mass is 10.2. The molecule has 0 aliphatic rings. The van der Waals surface area contributed by atoms with Crippen LogP contribution < -0.4 is 15.6 Å². The summed E-state index contributed by atoms with van der Waals surface area (Å²) >= 11 is 6.17. The minimum Gasteiger partial charge on any atom is -0.507 e. The highest BCUT2D eigenvalue weighted by Gasteiger charge is 2.20. The molecule has 7 nitrogen and oxygen atoms in total. The fourth-order valence-electron chi connectivity index (χ4n) is 1.96. The van der Waals surface area contributed by atoms with Crippen LogP contribution in [-0.4, -0.2) is 25.5 Å². The minimum absolute atomic E-state index is 0.107. The number of rotatable bonds is 3. The Balaban J connectivity index is 2.01. The average Bonchev–Trinajstić information content (AvgIpc) is 2.97. The van der Waals surface area contributed by atoms with Crippen LogP contribution in [0.25, 0.3) is 15.5 Å². The number of nitrogens with two attached hydrogens (primary N) is 1. The molecule has 0 spiro atoms. The summed E-state index contributed by atoms with van der Waals surface area (Å²) in [5.74, 6) is 1.02. The lowest BCUT2D eigenvalue weighted by Crippen LogP contribution is -2.25. The highest BCUT2D eigenvalue weighted by Crippen LogP contribution is 2.33. The molecule has 0 saturated heterocycles. The number of hydrogen-bond donors (Lipinski definition) is 4. The van der Waals surface area contributed by atoms with Crippen molar-refractivity contribution in [3.63, 3.8) is 0 Å². The molecule has 3 aromatic rings. The summed E-state index contributed by atoms with van der Waals surface area (Å²) in [6, 6.07) is 5.11. The van der Waals surface area contributed by atoms with Gasteiger partial charge in [0.2, 0.25) is 0 Å². The SMILES string of the molecule is CCc1[nH]nc2sc(-c3ccc(NC(N)=S)cc3O)n[n+]12. The summed E-state index contributed by atoms with van der Waals surface area (Å²) < 4.78 is 1.75. The second-order valence-corrected chi connectivity index (χ2v) is 5.74. The number of H-pyrrole nitrogens is 1. The quantitative estimate of drug-likeness (QED) is 0.427. The predicted molar refractivity (Wildman–Crippen MR) is 84.3 cm³/mol. The van der Waals surface area contributed by atoms with Gasteiger partial charge in [0.25, 0.3) is 5.82 Å². The largest absolute Gasteiger partial charge is 0.507 e. The normalized spacial score (nSPS) is 10.9. The maximum atomic E-state index is 10.2. The van der Waals surface area contributed by atoms with E-state index in [9.17, 15) is 5.11 Å². The Labute approximate surface area is 129 Å². The summed E-state index contributed by atoms with van der Waals surface area (Å²) in [5.41, 5.74) is 6.68. The Bertz CT molecular complexity index is 824. The smallest absolute Gasteiger partial charge is 0.384 e. The summed E-state index contributed by atoms with van der Waals surface area (Å²) in [6.45, 7) is 2.02. The third-order valence-electron chi connectivity index (χ3n) is 2.93. The molecule has 3 rings (SSSR count). The van der Waals surface area contributed by atoms with Gasteiger partial charge in [-0.3, -0.25) is 0 Å². The molecule has 2 heterocycles. The maximum absolute atomic E-state index is 10.2. The van der Waals surface area contributed by atoms with Gasteiger partial charge >= 0.3 is 4.96 Å². The first-order chi connectivity index (χ1) is 10.1. The Morgan fingerprint density at radius 2 is 2.38 bits per heavy atom. The van der Waals surface area contributed by atoms with Gasteiger partial charge in [-0.2, -0.15) is 0 Å². The van der Waals surface area contributed by atoms with Crippen molar-refractivity contribution in [2.24, 2.45) is 5.73 Å². The van der Waals surface area contributed by atoms with Gasteiger partial charge in [0, 0.05) is 18.2 Å². The van der Waals surface area contributed by atoms with Gasteiger partial charge in [-0.05, 0) is 35.7 Å². The van der Waals surface area contributed by atoms with Crippen molar-refractivity contribution in [3.05, 3.63) is 24.0 Å². The van der Waals surface area contributed by atoms with Crippen molar-refractivity contribution in [1.82, 2.24) is 15.3 Å². The van der Waals surface area contributed by atoms with Gasteiger partial charge in [0.1, 0.15) is 5.75 Å². The van der Waals surface area contributed by atoms with E-state index in [-0.39, 0.29) is 10.9 Å². The number of aromatic nitrogens is 4. The minimum atomic E-state index is 0.107. The van der Waals surface area contributed by atoms with Crippen molar-refractivity contribution < 1.29 is 9.62 Å². The van der Waals surface area contributed by atoms with E-state index in [4.69, 9.17) is 18.0 Å². The van der Waals surface area contributed by atoms with Crippen LogP contribution in [0.5, 0.6) is 5.75 Å². The molecular weight excluding hydrogens is 308 g/mol. The van der Waals surface area contributed by atoms with Gasteiger partial charge in [0.05, 0.1) is 10.7 Å². The number of nitrogens with zero attached hydrogens (tertiary/aromatic N) is 3. The highest BCUT2D eigenvalue weighted by molar-refractivity contribution is 7.80. The van der Waals surface area contributed by atoms with E-state index < -0.39 is 0 Å². The Morgan fingerprint density at radius 3 is 3.05 bits per heavy atom. The van der Waals surface area contributed by atoms with Gasteiger partial charge < -0.3 is 16.2 Å². The summed E-state index contributed by atoms with van der Waals surface area (Å²) in [4.78, 5) is 0.756. The van der Waals surface area contributed by atoms with Crippen molar-refractivity contribution in [2.45, 2.75) is 13.3 Å². The number of aryl methyl sites for hydroxylation is 1. The molecule has 0 saturated carbocycles. The molecule has 0 unspecified atom stereocenters. The standard InChI is InChI=1S/C12H12N6OS2/c1-2-9-15-16-12-18(9)17-10(21-12)7-4-3-6(5-8(7)19)14-11(13)20/h3-5H,2H2,1H3,(H4,13,14,17,19,20)/p+1. The van der Waals surface area contributed by atoms with E-state index in [0.717, 1.165) is 17.2 Å². The van der Waals surface area contributed by atoms with Crippen LogP contribution in [0.3, 0.4) is 0 Å². The van der Waals surface area contributed by atoms with Crippen molar-refractivity contribution in [3.8, 4) is 16.3 Å². The first-order valence-electron chi connectivity index (χ1n) is 6.24. The van der Waals surface area contributed by atoms with Crippen molar-refractivity contribution >= 4 is 39.3 Å². The van der Waals surface area contributed by atoms with E-state index in [1.54, 1.807) is 22.7 Å². The van der Waals surface area contributed by atoms with Gasteiger partial charge in [-0.25, -0.2) is 0 Å². The first-order valence-corrected chi connectivity index (χ1v) is 7.47. The zero-order chi connectivity index (χ0) is 15.0. The maximum Gasteiger partial charge on any atom is 0.384 e. The molecule has 21 heavy (non-hydrogen) atoms. The molecule has 1 aromatic carbocycles. The lowest BCUT2D eigenvalue weighted by molar-refractivity contribution is -0.583. The zero-order valence-electron chi connectivity index (χ0n) is 11.1. The average molecular weight is 321 g/mol. The second kappa shape index (κ2) is 5.26. The van der Waals surface area contributed by atoms with E-state index in [2.05, 4.69) is 20.6 Å². The summed E-state index contributed by atoms with van der Waals surface area (Å²) in [6.07, 6.45) is 0.799. The molecule has 2 aromatic heterocycles. The Morgan fingerprint density at radius 1 is 1.57 bits per heavy atom. The topological polar surface area (TPSA) is 104 Å². The first kappa shape index (κ1) is 13.7. The number of aromatic amines is 1. The molecule has 0 aliphatic carbocycles. The molecule has 0 aliphatic heterocycles. The zero-order valence-corrected chi connectivity index (χ0v) is 12.8. The van der Waals surface area contributed by atoms with Gasteiger partial charge in [-0.1, -0.05) is 16.5 Å². The highest BCUT2D eigenvalue weighted by atomic mass is 32.1. The summed E-state index contributed by atoms with van der Waals surface area (Å²) in [7, 11) is 0. The molecule has 0 fully saturated rings. The molecule has 5 N–H and O–H groups in total. The molecule has 108 valence electrons. The Hall–Kier alpha value is -2.26. The summed E-state index contributed by atoms with van der Waals surface area (Å²) in [5, 5.41) is 25.4. The number of aromatic hydroxyl groups is 1. The molecule has 0 amide bonds.